The number of hydrogen-bond acceptors (Lipinski definition) is 2. The average Bonchev–Trinajstić information content (AvgIpc) is 3.09. The number of rotatable bonds is 14. The zero-order chi connectivity index (χ0) is 58.9. The van der Waals surface area contributed by atoms with E-state index < -0.39 is 8.07 Å². The fraction of sp³-hybridized carbons (Fsp3) is 0.133. The van der Waals surface area contributed by atoms with Crippen LogP contribution in [-0.4, -0.2) is 8.07 Å². The summed E-state index contributed by atoms with van der Waals surface area (Å²) in [6, 6.07) is 114. The average molecular weight is 1130 g/mol. The Morgan fingerprint density at radius 2 is 0.570 bits per heavy atom. The summed E-state index contributed by atoms with van der Waals surface area (Å²) < 4.78 is 0. The molecule has 2 nitrogen and oxygen atoms in total. The molecule has 0 atom stereocenters. The SMILES string of the molecule is Cc1ccc(N(c2ccc(C)cc2)c2cccc(-c3ccc(C4(c5ccc(-c6cccc(N(c7ccc(C)cc7)c7ccc(C)cc7)c6)cc5)CCCCC4)cc3)c2)cc1.Cc1cccc([Si](c2ccccc2)(c2ccccc2)c2ccccc2)c1. The molecule has 1 aliphatic rings. The Labute approximate surface area is 512 Å². The first kappa shape index (κ1) is 56.9. The van der Waals surface area contributed by atoms with E-state index in [1.165, 1.54) is 114 Å². The van der Waals surface area contributed by atoms with Gasteiger partial charge >= 0.3 is 0 Å². The summed E-state index contributed by atoms with van der Waals surface area (Å²) >= 11 is 0. The van der Waals surface area contributed by atoms with Crippen molar-refractivity contribution in [1.82, 2.24) is 0 Å². The minimum absolute atomic E-state index is 0.000363. The van der Waals surface area contributed by atoms with E-state index in [1.54, 1.807) is 0 Å². The molecule has 3 heteroatoms. The third-order valence-electron chi connectivity index (χ3n) is 17.7. The van der Waals surface area contributed by atoms with Crippen molar-refractivity contribution < 1.29 is 0 Å². The van der Waals surface area contributed by atoms with Gasteiger partial charge in [-0.05, 0) is 174 Å². The first-order valence-electron chi connectivity index (χ1n) is 30.7. The van der Waals surface area contributed by atoms with Crippen molar-refractivity contribution in [3.05, 3.63) is 348 Å². The van der Waals surface area contributed by atoms with Crippen LogP contribution in [0, 0.1) is 34.6 Å². The van der Waals surface area contributed by atoms with Gasteiger partial charge in [0.1, 0.15) is 0 Å². The molecular formula is C83H76N2Si. The number of aryl methyl sites for hydroxylation is 5. The molecule has 1 aliphatic carbocycles. The van der Waals surface area contributed by atoms with Crippen molar-refractivity contribution in [2.45, 2.75) is 72.1 Å². The number of benzene rings is 12. The van der Waals surface area contributed by atoms with Crippen molar-refractivity contribution in [2.24, 2.45) is 0 Å². The van der Waals surface area contributed by atoms with Gasteiger partial charge in [0, 0.05) is 39.5 Å². The van der Waals surface area contributed by atoms with Crippen LogP contribution in [0.1, 0.15) is 71.0 Å². The Bertz CT molecular complexity index is 3760. The second-order valence-electron chi connectivity index (χ2n) is 23.6. The molecule has 12 aromatic rings. The predicted octanol–water partition coefficient (Wildman–Crippen LogP) is 19.8. The normalized spacial score (nSPS) is 12.8. The van der Waals surface area contributed by atoms with Crippen LogP contribution in [0.3, 0.4) is 0 Å². The Morgan fingerprint density at radius 3 is 0.907 bits per heavy atom. The smallest absolute Gasteiger partial charge is 0.179 e. The first-order valence-corrected chi connectivity index (χ1v) is 32.7. The Hall–Kier alpha value is -9.54. The maximum absolute atomic E-state index is 2.41. The van der Waals surface area contributed by atoms with Gasteiger partial charge in [0.25, 0.3) is 0 Å². The van der Waals surface area contributed by atoms with Gasteiger partial charge in [0.15, 0.2) is 8.07 Å². The van der Waals surface area contributed by atoms with Gasteiger partial charge in [-0.25, -0.2) is 0 Å². The fourth-order valence-electron chi connectivity index (χ4n) is 13.1. The van der Waals surface area contributed by atoms with Crippen LogP contribution in [0.2, 0.25) is 0 Å². The maximum atomic E-state index is 2.41. The van der Waals surface area contributed by atoms with Crippen LogP contribution in [0.15, 0.2) is 309 Å². The van der Waals surface area contributed by atoms with E-state index in [0.29, 0.717) is 0 Å². The van der Waals surface area contributed by atoms with E-state index in [4.69, 9.17) is 0 Å². The zero-order valence-electron chi connectivity index (χ0n) is 50.4. The molecule has 13 rings (SSSR count). The van der Waals surface area contributed by atoms with Crippen LogP contribution in [0.5, 0.6) is 0 Å². The summed E-state index contributed by atoms with van der Waals surface area (Å²) in [5.41, 5.74) is 21.0. The Kier molecular flexibility index (Phi) is 17.0. The van der Waals surface area contributed by atoms with Crippen LogP contribution < -0.4 is 30.5 Å². The molecule has 86 heavy (non-hydrogen) atoms. The molecule has 1 saturated carbocycles. The third kappa shape index (κ3) is 12.1. The Morgan fingerprint density at radius 1 is 0.244 bits per heavy atom. The zero-order valence-corrected chi connectivity index (χ0v) is 51.4. The highest BCUT2D eigenvalue weighted by Gasteiger charge is 2.41. The van der Waals surface area contributed by atoms with E-state index in [0.717, 1.165) is 34.1 Å². The van der Waals surface area contributed by atoms with Gasteiger partial charge in [0.05, 0.1) is 0 Å². The minimum atomic E-state index is -2.33. The van der Waals surface area contributed by atoms with E-state index in [1.807, 2.05) is 0 Å². The highest BCUT2D eigenvalue weighted by Crippen LogP contribution is 2.47. The van der Waals surface area contributed by atoms with Gasteiger partial charge in [-0.1, -0.05) is 284 Å². The van der Waals surface area contributed by atoms with Gasteiger partial charge < -0.3 is 9.80 Å². The maximum Gasteiger partial charge on any atom is 0.179 e. The molecule has 0 saturated heterocycles. The summed E-state index contributed by atoms with van der Waals surface area (Å²) in [4.78, 5) is 4.72. The molecular weight excluding hydrogens is 1050 g/mol. The topological polar surface area (TPSA) is 6.48 Å². The monoisotopic (exact) mass is 1130 g/mol. The van der Waals surface area contributed by atoms with Crippen molar-refractivity contribution in [3.63, 3.8) is 0 Å². The number of anilines is 6. The molecule has 0 aromatic heterocycles. The molecule has 0 heterocycles. The van der Waals surface area contributed by atoms with Crippen molar-refractivity contribution in [2.75, 3.05) is 9.80 Å². The van der Waals surface area contributed by atoms with Gasteiger partial charge in [-0.2, -0.15) is 0 Å². The summed E-state index contributed by atoms with van der Waals surface area (Å²) in [6.07, 6.45) is 6.13. The van der Waals surface area contributed by atoms with E-state index in [-0.39, 0.29) is 5.41 Å². The lowest BCUT2D eigenvalue weighted by atomic mass is 9.65. The molecule has 422 valence electrons. The van der Waals surface area contributed by atoms with Crippen LogP contribution >= 0.6 is 0 Å². The quantitative estimate of drug-likeness (QED) is 0.0791. The largest absolute Gasteiger partial charge is 0.310 e. The minimum Gasteiger partial charge on any atom is -0.310 e. The lowest BCUT2D eigenvalue weighted by Crippen LogP contribution is -2.74. The lowest BCUT2D eigenvalue weighted by molar-refractivity contribution is 0.346. The van der Waals surface area contributed by atoms with Crippen LogP contribution in [0.25, 0.3) is 22.3 Å². The fourth-order valence-corrected chi connectivity index (χ4v) is 18.0. The van der Waals surface area contributed by atoms with E-state index in [2.05, 4.69) is 354 Å². The standard InChI is InChI=1S/C58H54N2.C25H22Si/c1-42-14-30-52(31-15-42)59(53-32-16-43(2)17-33-53)56-12-8-10-48(40-56)46-22-26-50(27-23-46)58(38-6-5-7-39-58)51-28-24-47(25-29-51)49-11-9-13-57(41-49)60(54-34-18-44(3)19-35-54)55-36-20-45(4)21-37-55;1-21-12-11-19-25(20-21)26(22-13-5-2-6-14-22,23-15-7-3-8-16-23)24-17-9-4-10-18-24/h8-37,40-41H,5-7,38-39H2,1-4H3;2-20H,1H3. The highest BCUT2D eigenvalue weighted by molar-refractivity contribution is 7.19. The molecule has 0 bridgehead atoms. The molecule has 0 amide bonds. The second-order valence-corrected chi connectivity index (χ2v) is 27.4. The second kappa shape index (κ2) is 25.8. The molecule has 0 unspecified atom stereocenters. The van der Waals surface area contributed by atoms with Crippen molar-refractivity contribution >= 4 is 62.9 Å². The summed E-state index contributed by atoms with van der Waals surface area (Å²) in [5, 5.41) is 5.69. The lowest BCUT2D eigenvalue weighted by Gasteiger charge is -2.39. The summed E-state index contributed by atoms with van der Waals surface area (Å²) in [5.74, 6) is 0. The van der Waals surface area contributed by atoms with Crippen LogP contribution in [0.4, 0.5) is 34.1 Å². The summed E-state index contributed by atoms with van der Waals surface area (Å²) in [6.45, 7) is 10.8. The molecule has 12 aromatic carbocycles. The molecule has 0 spiro atoms. The van der Waals surface area contributed by atoms with E-state index in [9.17, 15) is 0 Å². The van der Waals surface area contributed by atoms with Crippen LogP contribution in [-0.2, 0) is 5.41 Å². The van der Waals surface area contributed by atoms with Gasteiger partial charge in [0.2, 0.25) is 0 Å². The predicted molar refractivity (Wildman–Crippen MR) is 371 cm³/mol. The molecule has 0 aliphatic heterocycles. The van der Waals surface area contributed by atoms with Crippen molar-refractivity contribution in [3.8, 4) is 22.3 Å². The molecule has 0 radical (unpaired) electrons. The molecule has 1 fully saturated rings. The van der Waals surface area contributed by atoms with Gasteiger partial charge in [-0.15, -0.1) is 0 Å². The first-order chi connectivity index (χ1) is 42.1. The Balaban J connectivity index is 0.000000231. The third-order valence-corrected chi connectivity index (χ3v) is 22.5. The highest BCUT2D eigenvalue weighted by atomic mass is 28.3. The molecule has 0 N–H and O–H groups in total. The van der Waals surface area contributed by atoms with Gasteiger partial charge in [-0.3, -0.25) is 0 Å². The van der Waals surface area contributed by atoms with Crippen molar-refractivity contribution in [1.29, 1.82) is 0 Å². The summed E-state index contributed by atoms with van der Waals surface area (Å²) in [7, 11) is -2.33. The number of nitrogens with zero attached hydrogens (tertiary/aromatic N) is 2. The van der Waals surface area contributed by atoms with E-state index >= 15 is 0 Å². The number of hydrogen-bond donors (Lipinski definition) is 0.